The molecule has 2 heterocycles. The van der Waals surface area contributed by atoms with Gasteiger partial charge in [-0.2, -0.15) is 5.10 Å². The highest BCUT2D eigenvalue weighted by Gasteiger charge is 2.35. The standard InChI is InChI=1S/C17H17N2O5PS/c1-22-12-8-6-11(7-9-12)16(20)15-14(13-5-4-10-26-13)17(19-18-15)25(21,23-2)24-3/h4-10H,1-3H3,(H,18,19). The van der Waals surface area contributed by atoms with E-state index in [9.17, 15) is 9.36 Å². The lowest BCUT2D eigenvalue weighted by Gasteiger charge is -2.13. The van der Waals surface area contributed by atoms with E-state index in [-0.39, 0.29) is 16.9 Å². The first-order chi connectivity index (χ1) is 12.5. The van der Waals surface area contributed by atoms with Crippen molar-refractivity contribution < 1.29 is 23.1 Å². The molecule has 0 atom stereocenters. The average Bonchev–Trinajstić information content (AvgIpc) is 3.36. The van der Waals surface area contributed by atoms with Crippen LogP contribution in [0, 0.1) is 0 Å². The van der Waals surface area contributed by atoms with Crippen LogP contribution in [0.4, 0.5) is 0 Å². The minimum Gasteiger partial charge on any atom is -0.497 e. The third kappa shape index (κ3) is 3.24. The summed E-state index contributed by atoms with van der Waals surface area (Å²) in [6.45, 7) is 0. The number of benzene rings is 1. The molecule has 0 aliphatic rings. The summed E-state index contributed by atoms with van der Waals surface area (Å²) in [6, 6.07) is 10.4. The van der Waals surface area contributed by atoms with Gasteiger partial charge < -0.3 is 13.8 Å². The predicted molar refractivity (Wildman–Crippen MR) is 99.6 cm³/mol. The minimum atomic E-state index is -3.62. The molecule has 1 N–H and O–H groups in total. The lowest BCUT2D eigenvalue weighted by molar-refractivity contribution is 0.103. The molecule has 0 fully saturated rings. The highest BCUT2D eigenvalue weighted by molar-refractivity contribution is 7.62. The lowest BCUT2D eigenvalue weighted by Crippen LogP contribution is -2.12. The van der Waals surface area contributed by atoms with Gasteiger partial charge in [-0.25, -0.2) is 0 Å². The summed E-state index contributed by atoms with van der Waals surface area (Å²) < 4.78 is 28.2. The van der Waals surface area contributed by atoms with Crippen LogP contribution in [0.5, 0.6) is 5.75 Å². The van der Waals surface area contributed by atoms with Crippen LogP contribution in [0.15, 0.2) is 41.8 Å². The van der Waals surface area contributed by atoms with E-state index in [1.165, 1.54) is 25.6 Å². The van der Waals surface area contributed by atoms with Crippen LogP contribution in [0.2, 0.25) is 0 Å². The van der Waals surface area contributed by atoms with Gasteiger partial charge in [-0.3, -0.25) is 14.5 Å². The zero-order valence-corrected chi connectivity index (χ0v) is 16.1. The van der Waals surface area contributed by atoms with Crippen molar-refractivity contribution in [3.05, 3.63) is 53.0 Å². The molecule has 0 amide bonds. The van der Waals surface area contributed by atoms with Crippen molar-refractivity contribution in [3.8, 4) is 16.2 Å². The van der Waals surface area contributed by atoms with Gasteiger partial charge in [0.25, 0.3) is 0 Å². The zero-order chi connectivity index (χ0) is 18.7. The molecule has 3 rings (SSSR count). The Bertz CT molecular complexity index is 942. The maximum atomic E-state index is 13.0. The van der Waals surface area contributed by atoms with Crippen molar-refractivity contribution in [3.63, 3.8) is 0 Å². The molecule has 9 heteroatoms. The Labute approximate surface area is 154 Å². The summed E-state index contributed by atoms with van der Waals surface area (Å²) in [6.07, 6.45) is 0. The van der Waals surface area contributed by atoms with E-state index in [2.05, 4.69) is 10.2 Å². The number of hydrogen-bond acceptors (Lipinski definition) is 7. The van der Waals surface area contributed by atoms with E-state index < -0.39 is 7.60 Å². The number of ketones is 1. The summed E-state index contributed by atoms with van der Waals surface area (Å²) in [7, 11) is 0.507. The number of carbonyl (C=O) groups excluding carboxylic acids is 1. The van der Waals surface area contributed by atoms with Gasteiger partial charge in [0.15, 0.2) is 5.44 Å². The van der Waals surface area contributed by atoms with Crippen LogP contribution in [-0.4, -0.2) is 37.3 Å². The molecule has 136 valence electrons. The largest absolute Gasteiger partial charge is 0.497 e. The van der Waals surface area contributed by atoms with Crippen molar-refractivity contribution in [2.24, 2.45) is 0 Å². The summed E-state index contributed by atoms with van der Waals surface area (Å²) >= 11 is 1.40. The Kier molecular flexibility index (Phi) is 5.38. The highest BCUT2D eigenvalue weighted by Crippen LogP contribution is 2.48. The number of nitrogens with zero attached hydrogens (tertiary/aromatic N) is 1. The Hall–Kier alpha value is -2.25. The third-order valence-corrected chi connectivity index (χ3v) is 6.56. The van der Waals surface area contributed by atoms with Crippen molar-refractivity contribution in [1.29, 1.82) is 0 Å². The van der Waals surface area contributed by atoms with Gasteiger partial charge >= 0.3 is 7.60 Å². The normalized spacial score (nSPS) is 11.5. The molecule has 0 aliphatic heterocycles. The molecule has 0 saturated carbocycles. The molecule has 0 saturated heterocycles. The number of carbonyl (C=O) groups is 1. The Morgan fingerprint density at radius 2 is 1.81 bits per heavy atom. The van der Waals surface area contributed by atoms with Gasteiger partial charge in [0.1, 0.15) is 11.4 Å². The molecule has 0 radical (unpaired) electrons. The first-order valence-corrected chi connectivity index (χ1v) is 9.99. The van der Waals surface area contributed by atoms with Gasteiger partial charge in [-0.05, 0) is 35.7 Å². The maximum absolute atomic E-state index is 13.0. The molecule has 3 aromatic rings. The van der Waals surface area contributed by atoms with Gasteiger partial charge in [0.2, 0.25) is 5.78 Å². The molecule has 0 bridgehead atoms. The topological polar surface area (TPSA) is 90.5 Å². The Morgan fingerprint density at radius 3 is 2.35 bits per heavy atom. The van der Waals surface area contributed by atoms with Gasteiger partial charge in [0.05, 0.1) is 12.7 Å². The summed E-state index contributed by atoms with van der Waals surface area (Å²) in [4.78, 5) is 13.7. The summed E-state index contributed by atoms with van der Waals surface area (Å²) in [5, 5.41) is 8.66. The second-order valence-electron chi connectivity index (χ2n) is 5.19. The fourth-order valence-corrected chi connectivity index (χ4v) is 4.53. The molecule has 0 spiro atoms. The van der Waals surface area contributed by atoms with Gasteiger partial charge in [-0.1, -0.05) is 6.07 Å². The number of methoxy groups -OCH3 is 1. The smallest absolute Gasteiger partial charge is 0.379 e. The Balaban J connectivity index is 2.14. The van der Waals surface area contributed by atoms with Gasteiger partial charge in [0, 0.05) is 24.7 Å². The number of nitrogens with one attached hydrogen (secondary N) is 1. The van der Waals surface area contributed by atoms with E-state index >= 15 is 0 Å². The van der Waals surface area contributed by atoms with Gasteiger partial charge in [-0.15, -0.1) is 11.3 Å². The second-order valence-corrected chi connectivity index (χ2v) is 8.31. The number of H-pyrrole nitrogens is 1. The number of thiophene rings is 1. The molecular weight excluding hydrogens is 375 g/mol. The van der Waals surface area contributed by atoms with Crippen LogP contribution < -0.4 is 10.2 Å². The number of hydrogen-bond donors (Lipinski definition) is 1. The van der Waals surface area contributed by atoms with Crippen molar-refractivity contribution in [2.45, 2.75) is 0 Å². The number of ether oxygens (including phenoxy) is 1. The molecule has 1 aromatic carbocycles. The van der Waals surface area contributed by atoms with E-state index in [4.69, 9.17) is 13.8 Å². The summed E-state index contributed by atoms with van der Waals surface area (Å²) in [5.74, 6) is 0.336. The van der Waals surface area contributed by atoms with Crippen molar-refractivity contribution in [1.82, 2.24) is 10.2 Å². The quantitative estimate of drug-likeness (QED) is 0.489. The highest BCUT2D eigenvalue weighted by atomic mass is 32.1. The SMILES string of the molecule is COc1ccc(C(=O)c2n[nH]c(P(=O)(OC)OC)c2-c2cccs2)cc1. The number of aromatic nitrogens is 2. The fraction of sp³-hybridized carbons (Fsp3) is 0.176. The first-order valence-electron chi connectivity index (χ1n) is 7.57. The number of rotatable bonds is 7. The molecule has 26 heavy (non-hydrogen) atoms. The van der Waals surface area contributed by atoms with Crippen LogP contribution >= 0.6 is 18.9 Å². The third-order valence-electron chi connectivity index (χ3n) is 3.84. The predicted octanol–water partition coefficient (Wildman–Crippen LogP) is 3.49. The van der Waals surface area contributed by atoms with Crippen LogP contribution in [0.3, 0.4) is 0 Å². The fourth-order valence-electron chi connectivity index (χ4n) is 2.49. The molecule has 2 aromatic heterocycles. The van der Waals surface area contributed by atoms with Crippen LogP contribution in [0.1, 0.15) is 16.1 Å². The average molecular weight is 392 g/mol. The molecule has 0 unspecified atom stereocenters. The second kappa shape index (κ2) is 7.55. The first kappa shape index (κ1) is 18.5. The Morgan fingerprint density at radius 1 is 1.12 bits per heavy atom. The van der Waals surface area contributed by atoms with E-state index in [0.717, 1.165) is 4.88 Å². The van der Waals surface area contributed by atoms with Crippen molar-refractivity contribution in [2.75, 3.05) is 21.3 Å². The van der Waals surface area contributed by atoms with E-state index in [1.54, 1.807) is 31.4 Å². The summed E-state index contributed by atoms with van der Waals surface area (Å²) in [5.41, 5.74) is 1.17. The lowest BCUT2D eigenvalue weighted by atomic mass is 10.0. The molecule has 7 nitrogen and oxygen atoms in total. The maximum Gasteiger partial charge on any atom is 0.379 e. The molecule has 0 aliphatic carbocycles. The van der Waals surface area contributed by atoms with Crippen LogP contribution in [0.25, 0.3) is 10.4 Å². The molecular formula is C17H17N2O5PS. The van der Waals surface area contributed by atoms with Crippen LogP contribution in [-0.2, 0) is 13.6 Å². The van der Waals surface area contributed by atoms with E-state index in [1.807, 2.05) is 17.5 Å². The monoisotopic (exact) mass is 392 g/mol. The van der Waals surface area contributed by atoms with Crippen molar-refractivity contribution >= 4 is 30.2 Å². The van der Waals surface area contributed by atoms with E-state index in [0.29, 0.717) is 16.9 Å². The number of aromatic amines is 1. The zero-order valence-electron chi connectivity index (χ0n) is 14.4. The minimum absolute atomic E-state index is 0.154.